The van der Waals surface area contributed by atoms with Gasteiger partial charge < -0.3 is 28.8 Å². The van der Waals surface area contributed by atoms with Crippen LogP contribution in [0.4, 0.5) is 5.82 Å². The fraction of sp³-hybridized carbons (Fsp3) is 0.500. The molecule has 0 saturated carbocycles. The molecule has 222 valence electrons. The van der Waals surface area contributed by atoms with Crippen LogP contribution < -0.4 is 5.32 Å². The number of benzene rings is 1. The maximum absolute atomic E-state index is 13.5. The van der Waals surface area contributed by atoms with Crippen molar-refractivity contribution in [2.24, 2.45) is 0 Å². The Bertz CT molecular complexity index is 1510. The second-order valence-electron chi connectivity index (χ2n) is 10.7. The molecule has 2 bridgehead atoms. The lowest BCUT2D eigenvalue weighted by Crippen LogP contribution is -2.47. The zero-order chi connectivity index (χ0) is 30.9. The highest BCUT2D eigenvalue weighted by molar-refractivity contribution is 7.44. The summed E-state index contributed by atoms with van der Waals surface area (Å²) in [4.78, 5) is 44.5. The van der Waals surface area contributed by atoms with Crippen LogP contribution in [0.5, 0.6) is 0 Å². The number of fused-ring (bicyclic) bond motifs is 3. The van der Waals surface area contributed by atoms with Crippen molar-refractivity contribution in [3.8, 4) is 0 Å². The highest BCUT2D eigenvalue weighted by atomic mass is 31.2. The van der Waals surface area contributed by atoms with Gasteiger partial charge in [0.2, 0.25) is 6.54 Å². The number of aromatic nitrogens is 4. The number of hydrogen-bond donors (Lipinski definition) is 1. The van der Waals surface area contributed by atoms with E-state index >= 15 is 0 Å². The number of amides is 2. The summed E-state index contributed by atoms with van der Waals surface area (Å²) in [5.74, 6) is -0.459. The Morgan fingerprint density at radius 2 is 2.00 bits per heavy atom. The fourth-order valence-corrected chi connectivity index (χ4v) is 7.22. The van der Waals surface area contributed by atoms with Crippen molar-refractivity contribution in [1.29, 1.82) is 0 Å². The van der Waals surface area contributed by atoms with Gasteiger partial charge in [0.1, 0.15) is 25.1 Å². The number of likely N-dealkylation sites (N-methyl/N-ethyl adjacent to an activating group) is 1. The molecule has 42 heavy (non-hydrogen) atoms. The number of carbonyl (C=O) groups is 2. The molecule has 0 spiro atoms. The van der Waals surface area contributed by atoms with E-state index in [-0.39, 0.29) is 49.8 Å². The van der Waals surface area contributed by atoms with E-state index in [2.05, 4.69) is 29.8 Å². The van der Waals surface area contributed by atoms with Gasteiger partial charge >= 0.3 is 0 Å². The van der Waals surface area contributed by atoms with Crippen LogP contribution in [0.15, 0.2) is 43.0 Å². The zero-order valence-corrected chi connectivity index (χ0v) is 25.1. The van der Waals surface area contributed by atoms with Crippen molar-refractivity contribution >= 4 is 37.3 Å². The van der Waals surface area contributed by atoms with Gasteiger partial charge in [-0.3, -0.25) is 14.2 Å². The van der Waals surface area contributed by atoms with Crippen LogP contribution in [-0.4, -0.2) is 90.9 Å². The van der Waals surface area contributed by atoms with Crippen LogP contribution in [0, 0.1) is 6.57 Å². The van der Waals surface area contributed by atoms with Gasteiger partial charge in [-0.2, -0.15) is 0 Å². The molecule has 1 unspecified atom stereocenters. The normalized spacial score (nSPS) is 24.5. The largest absolute Gasteiger partial charge is 0.337 e. The third-order valence-electron chi connectivity index (χ3n) is 7.28. The van der Waals surface area contributed by atoms with Crippen LogP contribution in [0.3, 0.4) is 0 Å². The van der Waals surface area contributed by atoms with Crippen LogP contribution in [0.25, 0.3) is 16.0 Å². The molecule has 5 rings (SSSR count). The van der Waals surface area contributed by atoms with E-state index in [1.165, 1.54) is 12.7 Å². The Labute approximate surface area is 247 Å². The minimum Gasteiger partial charge on any atom is -0.337 e. The summed E-state index contributed by atoms with van der Waals surface area (Å²) in [7, 11) is -0.0459. The van der Waals surface area contributed by atoms with Crippen molar-refractivity contribution in [3.05, 3.63) is 60.0 Å². The molecule has 4 heterocycles. The SMILES string of the molecule is [2H]C[C@@]12O[C@@H](n3cnc4c(NC(=O)c5ccccc5)ncnc43)[C@@H]([C@@H]1OP(OCC[N+]#[C-])N(C(C)C)C(C)C)N(C)C2=O. The summed E-state index contributed by atoms with van der Waals surface area (Å²) in [5, 5.41) is 2.80. The maximum atomic E-state index is 13.5. The smallest absolute Gasteiger partial charge is 0.259 e. The summed E-state index contributed by atoms with van der Waals surface area (Å²) in [6.45, 7) is 15.3. The quantitative estimate of drug-likeness (QED) is 0.200. The van der Waals surface area contributed by atoms with E-state index < -0.39 is 32.5 Å². The topological polar surface area (TPSA) is 128 Å². The molecule has 2 aliphatic heterocycles. The molecule has 0 aliphatic carbocycles. The number of carbonyl (C=O) groups excluding carboxylic acids is 2. The van der Waals surface area contributed by atoms with E-state index in [4.69, 9.17) is 21.7 Å². The third kappa shape index (κ3) is 5.25. The van der Waals surface area contributed by atoms with E-state index in [9.17, 15) is 9.59 Å². The summed E-state index contributed by atoms with van der Waals surface area (Å²) in [5.41, 5.74) is -0.381. The molecule has 2 amide bonds. The predicted molar refractivity (Wildman–Crippen MR) is 156 cm³/mol. The molecule has 3 aromatic rings. The molecule has 2 aromatic heterocycles. The zero-order valence-electron chi connectivity index (χ0n) is 25.2. The number of anilines is 1. The summed E-state index contributed by atoms with van der Waals surface area (Å²) < 4.78 is 31.4. The minimum absolute atomic E-state index is 0.0500. The van der Waals surface area contributed by atoms with Gasteiger partial charge in [-0.05, 0) is 46.7 Å². The van der Waals surface area contributed by atoms with Gasteiger partial charge in [-0.25, -0.2) is 26.2 Å². The first kappa shape index (κ1) is 28.6. The van der Waals surface area contributed by atoms with E-state index in [1.54, 1.807) is 40.8 Å². The molecule has 2 saturated heterocycles. The molecule has 1 aromatic carbocycles. The van der Waals surface area contributed by atoms with Gasteiger partial charge in [0.05, 0.1) is 6.33 Å². The first-order valence-corrected chi connectivity index (χ1v) is 14.8. The Morgan fingerprint density at radius 3 is 2.67 bits per heavy atom. The molecular formula is C28H35N8O5P. The van der Waals surface area contributed by atoms with Crippen molar-refractivity contribution in [2.75, 3.05) is 25.5 Å². The number of morpholine rings is 1. The van der Waals surface area contributed by atoms with Crippen molar-refractivity contribution in [2.45, 2.75) is 70.7 Å². The monoisotopic (exact) mass is 595 g/mol. The van der Waals surface area contributed by atoms with Crippen LogP contribution in [0.1, 0.15) is 52.6 Å². The first-order valence-electron chi connectivity index (χ1n) is 14.3. The molecule has 1 N–H and O–H groups in total. The predicted octanol–water partition coefficient (Wildman–Crippen LogP) is 3.87. The highest BCUT2D eigenvalue weighted by Crippen LogP contribution is 2.56. The third-order valence-corrected chi connectivity index (χ3v) is 9.39. The molecule has 5 atom stereocenters. The lowest BCUT2D eigenvalue weighted by Gasteiger charge is -2.37. The van der Waals surface area contributed by atoms with Gasteiger partial charge in [0.25, 0.3) is 20.3 Å². The number of hydrogen-bond acceptors (Lipinski definition) is 9. The van der Waals surface area contributed by atoms with E-state index in [0.29, 0.717) is 16.7 Å². The van der Waals surface area contributed by atoms with Gasteiger partial charge in [0.15, 0.2) is 28.8 Å². The standard InChI is InChI=1S/C28H35N8O5P/c1-17(2)36(18(3)4)42(39-14-13-29-6)41-22-21-26(40-28(22,5)27(38)34(21)7)35-16-32-20-23(30-15-31-24(20)35)33-25(37)19-11-9-8-10-12-19/h8-12,15-18,21-22,26H,13-14H2,1-5,7H3,(H,30,31,33,37)/t21-,22+,26-,28-,42?/m1/s1/i5D. The van der Waals surface area contributed by atoms with Crippen LogP contribution in [-0.2, 0) is 18.6 Å². The number of rotatable bonds is 11. The number of likely N-dealkylation sites (tertiary alicyclic amines) is 1. The van der Waals surface area contributed by atoms with Crippen molar-refractivity contribution < 1.29 is 24.7 Å². The second-order valence-corrected chi connectivity index (χ2v) is 12.1. The highest BCUT2D eigenvalue weighted by Gasteiger charge is 2.68. The van der Waals surface area contributed by atoms with Crippen LogP contribution >= 0.6 is 8.53 Å². The molecule has 2 fully saturated rings. The average molecular weight is 596 g/mol. The summed E-state index contributed by atoms with van der Waals surface area (Å²) >= 11 is 0. The number of ether oxygens (including phenoxy) is 1. The number of nitrogens with zero attached hydrogens (tertiary/aromatic N) is 7. The molecular weight excluding hydrogens is 559 g/mol. The van der Waals surface area contributed by atoms with Crippen LogP contribution in [0.2, 0.25) is 0 Å². The lowest BCUT2D eigenvalue weighted by molar-refractivity contribution is -0.170. The van der Waals surface area contributed by atoms with Crippen molar-refractivity contribution in [3.63, 3.8) is 0 Å². The minimum atomic E-state index is -1.71. The maximum Gasteiger partial charge on any atom is 0.259 e. The molecule has 0 radical (unpaired) electrons. The van der Waals surface area contributed by atoms with E-state index in [1.807, 2.05) is 33.8 Å². The lowest BCUT2D eigenvalue weighted by atomic mass is 10.0. The molecule has 13 nitrogen and oxygen atoms in total. The summed E-state index contributed by atoms with van der Waals surface area (Å²) in [6.07, 6.45) is 1.22. The second kappa shape index (κ2) is 12.0. The number of nitrogens with one attached hydrogen (secondary N) is 1. The number of imidazole rings is 1. The Hall–Kier alpha value is -3.53. The van der Waals surface area contributed by atoms with E-state index in [0.717, 1.165) is 0 Å². The summed E-state index contributed by atoms with van der Waals surface area (Å²) in [6, 6.07) is 8.23. The van der Waals surface area contributed by atoms with Gasteiger partial charge in [-0.15, -0.1) is 0 Å². The Kier molecular flexibility index (Phi) is 8.16. The molecule has 2 aliphatic rings. The first-order chi connectivity index (χ1) is 20.6. The Morgan fingerprint density at radius 1 is 1.26 bits per heavy atom. The average Bonchev–Trinajstić information content (AvgIpc) is 3.62. The Balaban J connectivity index is 1.49. The van der Waals surface area contributed by atoms with Crippen molar-refractivity contribution in [1.82, 2.24) is 29.1 Å². The van der Waals surface area contributed by atoms with Gasteiger partial charge in [-0.1, -0.05) is 18.2 Å². The molecule has 14 heteroatoms. The fourth-order valence-electron chi connectivity index (χ4n) is 5.43. The van der Waals surface area contributed by atoms with Gasteiger partial charge in [0, 0.05) is 26.1 Å².